The molecule has 0 unspecified atom stereocenters. The Morgan fingerprint density at radius 1 is 1.33 bits per heavy atom. The molecule has 0 amide bonds. The van der Waals surface area contributed by atoms with Crippen LogP contribution in [0, 0.1) is 0 Å². The van der Waals surface area contributed by atoms with Gasteiger partial charge in [0.25, 0.3) is 0 Å². The number of anilines is 1. The summed E-state index contributed by atoms with van der Waals surface area (Å²) >= 11 is 1.65. The highest BCUT2D eigenvalue weighted by Gasteiger charge is 2.31. The molecular weight excluding hydrogens is 248 g/mol. The van der Waals surface area contributed by atoms with Gasteiger partial charge in [0.15, 0.2) is 5.13 Å². The molecule has 2 heterocycles. The summed E-state index contributed by atoms with van der Waals surface area (Å²) in [6.07, 6.45) is 2.96. The minimum atomic E-state index is 0.124. The van der Waals surface area contributed by atoms with Gasteiger partial charge in [0, 0.05) is 19.0 Å². The normalized spacial score (nSPS) is 28.7. The molecule has 1 aliphatic heterocycles. The van der Waals surface area contributed by atoms with Gasteiger partial charge in [0.05, 0.1) is 29.4 Å². The van der Waals surface area contributed by atoms with Crippen LogP contribution in [0.3, 0.4) is 0 Å². The highest BCUT2D eigenvalue weighted by atomic mass is 32.1. The Bertz CT molecular complexity index is 421. The van der Waals surface area contributed by atoms with Crippen molar-refractivity contribution in [3.8, 4) is 0 Å². The van der Waals surface area contributed by atoms with Gasteiger partial charge in [-0.05, 0) is 26.7 Å². The number of rotatable bonds is 3. The van der Waals surface area contributed by atoms with Gasteiger partial charge in [0.1, 0.15) is 0 Å². The predicted octanol–water partition coefficient (Wildman–Crippen LogP) is 2.13. The number of morpholine rings is 1. The third-order valence-corrected chi connectivity index (χ3v) is 4.63. The summed E-state index contributed by atoms with van der Waals surface area (Å²) in [6, 6.07) is 0. The van der Waals surface area contributed by atoms with Crippen LogP contribution >= 0.6 is 11.3 Å². The van der Waals surface area contributed by atoms with Crippen molar-refractivity contribution in [3.63, 3.8) is 0 Å². The lowest BCUT2D eigenvalue weighted by Crippen LogP contribution is -2.45. The number of aromatic nitrogens is 1. The summed E-state index contributed by atoms with van der Waals surface area (Å²) in [5, 5.41) is 10.5. The Morgan fingerprint density at radius 2 is 2.00 bits per heavy atom. The first-order valence-electron chi connectivity index (χ1n) is 6.68. The Labute approximate surface area is 112 Å². The number of hydrogen-bond acceptors (Lipinski definition) is 5. The van der Waals surface area contributed by atoms with E-state index < -0.39 is 0 Å². The molecular formula is C13H20N2O2S. The molecule has 1 N–H and O–H groups in total. The van der Waals surface area contributed by atoms with Crippen molar-refractivity contribution in [2.45, 2.75) is 51.4 Å². The zero-order valence-corrected chi connectivity index (χ0v) is 11.7. The molecule has 2 fully saturated rings. The molecule has 2 aliphatic rings. The van der Waals surface area contributed by atoms with E-state index in [1.54, 1.807) is 11.3 Å². The van der Waals surface area contributed by atoms with Crippen molar-refractivity contribution in [1.82, 2.24) is 4.98 Å². The van der Waals surface area contributed by atoms with E-state index in [2.05, 4.69) is 18.7 Å². The monoisotopic (exact) mass is 268 g/mol. The van der Waals surface area contributed by atoms with E-state index in [-0.39, 0.29) is 18.8 Å². The van der Waals surface area contributed by atoms with Crippen LogP contribution in [0.2, 0.25) is 0 Å². The van der Waals surface area contributed by atoms with Crippen molar-refractivity contribution in [2.24, 2.45) is 0 Å². The molecule has 1 aromatic rings. The maximum atomic E-state index is 9.44. The van der Waals surface area contributed by atoms with Crippen LogP contribution in [0.4, 0.5) is 5.13 Å². The fourth-order valence-corrected chi connectivity index (χ4v) is 3.63. The summed E-state index contributed by atoms with van der Waals surface area (Å²) in [7, 11) is 0. The molecule has 1 saturated carbocycles. The number of nitrogens with zero attached hydrogens (tertiary/aromatic N) is 2. The number of ether oxygens (including phenoxy) is 1. The predicted molar refractivity (Wildman–Crippen MR) is 72.2 cm³/mol. The van der Waals surface area contributed by atoms with Gasteiger partial charge in [-0.25, -0.2) is 4.98 Å². The maximum Gasteiger partial charge on any atom is 0.186 e. The number of aliphatic hydroxyl groups excluding tert-OH is 1. The second-order valence-corrected chi connectivity index (χ2v) is 6.46. The molecule has 0 bridgehead atoms. The van der Waals surface area contributed by atoms with Crippen LogP contribution in [0.1, 0.15) is 43.2 Å². The Hall–Kier alpha value is -0.650. The molecule has 100 valence electrons. The fraction of sp³-hybridized carbons (Fsp3) is 0.769. The summed E-state index contributed by atoms with van der Waals surface area (Å²) in [5.74, 6) is 0.605. The van der Waals surface area contributed by atoms with E-state index in [1.807, 2.05) is 0 Å². The van der Waals surface area contributed by atoms with Crippen LogP contribution in [0.25, 0.3) is 0 Å². The fourth-order valence-electron chi connectivity index (χ4n) is 2.61. The third-order valence-electron chi connectivity index (χ3n) is 3.51. The molecule has 0 radical (unpaired) electrons. The van der Waals surface area contributed by atoms with E-state index in [4.69, 9.17) is 9.72 Å². The van der Waals surface area contributed by atoms with Crippen molar-refractivity contribution >= 4 is 16.5 Å². The largest absolute Gasteiger partial charge is 0.391 e. The van der Waals surface area contributed by atoms with E-state index in [0.29, 0.717) is 5.92 Å². The molecule has 18 heavy (non-hydrogen) atoms. The SMILES string of the molecule is C[C@@H]1CN(c2nc(C3CC3)c(CO)s2)C[C@H](C)O1. The molecule has 2 atom stereocenters. The van der Waals surface area contributed by atoms with E-state index in [0.717, 1.165) is 28.8 Å². The Kier molecular flexibility index (Phi) is 3.30. The summed E-state index contributed by atoms with van der Waals surface area (Å²) in [5.41, 5.74) is 1.14. The van der Waals surface area contributed by atoms with Crippen LogP contribution in [-0.4, -0.2) is 35.4 Å². The Balaban J connectivity index is 1.82. The number of thiazole rings is 1. The first kappa shape index (κ1) is 12.4. The smallest absolute Gasteiger partial charge is 0.186 e. The second kappa shape index (κ2) is 4.79. The second-order valence-electron chi connectivity index (χ2n) is 5.40. The van der Waals surface area contributed by atoms with Crippen molar-refractivity contribution in [3.05, 3.63) is 10.6 Å². The van der Waals surface area contributed by atoms with Gasteiger partial charge < -0.3 is 14.7 Å². The van der Waals surface area contributed by atoms with E-state index >= 15 is 0 Å². The molecule has 3 rings (SSSR count). The number of aliphatic hydroxyl groups is 1. The maximum absolute atomic E-state index is 9.44. The van der Waals surface area contributed by atoms with Crippen molar-refractivity contribution in [2.75, 3.05) is 18.0 Å². The zero-order chi connectivity index (χ0) is 12.7. The van der Waals surface area contributed by atoms with E-state index in [1.165, 1.54) is 12.8 Å². The highest BCUT2D eigenvalue weighted by Crippen LogP contribution is 2.44. The van der Waals surface area contributed by atoms with Crippen LogP contribution < -0.4 is 4.90 Å². The van der Waals surface area contributed by atoms with Gasteiger partial charge in [-0.3, -0.25) is 0 Å². The highest BCUT2D eigenvalue weighted by molar-refractivity contribution is 7.15. The number of hydrogen-bond donors (Lipinski definition) is 1. The molecule has 4 nitrogen and oxygen atoms in total. The average Bonchev–Trinajstić information content (AvgIpc) is 3.07. The van der Waals surface area contributed by atoms with Crippen molar-refractivity contribution in [1.29, 1.82) is 0 Å². The minimum absolute atomic E-state index is 0.124. The third kappa shape index (κ3) is 2.39. The molecule has 1 aliphatic carbocycles. The van der Waals surface area contributed by atoms with Crippen LogP contribution in [-0.2, 0) is 11.3 Å². The lowest BCUT2D eigenvalue weighted by atomic mass is 10.2. The minimum Gasteiger partial charge on any atom is -0.391 e. The molecule has 0 aromatic carbocycles. The zero-order valence-electron chi connectivity index (χ0n) is 10.9. The van der Waals surface area contributed by atoms with Gasteiger partial charge in [-0.1, -0.05) is 11.3 Å². The Morgan fingerprint density at radius 3 is 2.56 bits per heavy atom. The molecule has 0 spiro atoms. The quantitative estimate of drug-likeness (QED) is 0.912. The lowest BCUT2D eigenvalue weighted by Gasteiger charge is -2.35. The standard InChI is InChI=1S/C13H20N2O2S/c1-8-5-15(6-9(2)17-8)13-14-12(10-3-4-10)11(7-16)18-13/h8-10,16H,3-7H2,1-2H3/t8-,9+. The van der Waals surface area contributed by atoms with Gasteiger partial charge in [-0.15, -0.1) is 0 Å². The summed E-state index contributed by atoms with van der Waals surface area (Å²) in [4.78, 5) is 8.12. The van der Waals surface area contributed by atoms with Crippen LogP contribution in [0.5, 0.6) is 0 Å². The summed E-state index contributed by atoms with van der Waals surface area (Å²) < 4.78 is 5.75. The van der Waals surface area contributed by atoms with Gasteiger partial charge in [-0.2, -0.15) is 0 Å². The van der Waals surface area contributed by atoms with E-state index in [9.17, 15) is 5.11 Å². The van der Waals surface area contributed by atoms with Gasteiger partial charge in [0.2, 0.25) is 0 Å². The first-order chi connectivity index (χ1) is 8.67. The topological polar surface area (TPSA) is 45.6 Å². The molecule has 1 saturated heterocycles. The average molecular weight is 268 g/mol. The summed E-state index contributed by atoms with van der Waals surface area (Å²) in [6.45, 7) is 6.12. The first-order valence-corrected chi connectivity index (χ1v) is 7.50. The molecule has 1 aromatic heterocycles. The van der Waals surface area contributed by atoms with Crippen LogP contribution in [0.15, 0.2) is 0 Å². The van der Waals surface area contributed by atoms with Crippen molar-refractivity contribution < 1.29 is 9.84 Å². The lowest BCUT2D eigenvalue weighted by molar-refractivity contribution is -0.00523. The molecule has 5 heteroatoms. The van der Waals surface area contributed by atoms with Gasteiger partial charge >= 0.3 is 0 Å².